The quantitative estimate of drug-likeness (QED) is 0.595. The van der Waals surface area contributed by atoms with Gasteiger partial charge in [0.05, 0.1) is 9.95 Å². The highest BCUT2D eigenvalue weighted by Crippen LogP contribution is 2.33. The number of halogens is 1. The second-order valence-electron chi connectivity index (χ2n) is 4.73. The zero-order chi connectivity index (χ0) is 16.0. The molecule has 21 heavy (non-hydrogen) atoms. The molecule has 1 aromatic carbocycles. The van der Waals surface area contributed by atoms with Crippen LogP contribution >= 0.6 is 11.6 Å². The Morgan fingerprint density at radius 2 is 2.10 bits per heavy atom. The Kier molecular flexibility index (Phi) is 6.42. The summed E-state index contributed by atoms with van der Waals surface area (Å²) in [5.41, 5.74) is 0.192. The van der Waals surface area contributed by atoms with E-state index in [1.165, 1.54) is 12.1 Å². The van der Waals surface area contributed by atoms with Crippen molar-refractivity contribution in [1.82, 2.24) is 5.32 Å². The van der Waals surface area contributed by atoms with Gasteiger partial charge in [0.2, 0.25) is 0 Å². The average Bonchev–Trinajstić information content (AvgIpc) is 2.45. The van der Waals surface area contributed by atoms with Gasteiger partial charge in [0, 0.05) is 24.7 Å². The lowest BCUT2D eigenvalue weighted by molar-refractivity contribution is -0.383. The lowest BCUT2D eigenvalue weighted by atomic mass is 10.1. The molecule has 1 unspecified atom stereocenters. The molecule has 0 fully saturated rings. The van der Waals surface area contributed by atoms with Crippen LogP contribution in [0.15, 0.2) is 12.1 Å². The van der Waals surface area contributed by atoms with Crippen molar-refractivity contribution in [3.8, 4) is 0 Å². The van der Waals surface area contributed by atoms with E-state index in [2.05, 4.69) is 10.6 Å². The largest absolute Gasteiger partial charge is 0.381 e. The van der Waals surface area contributed by atoms with Gasteiger partial charge in [0.1, 0.15) is 5.69 Å². The highest BCUT2D eigenvalue weighted by molar-refractivity contribution is 6.34. The number of nitro benzene ring substituents is 1. The molecule has 0 radical (unpaired) electrons. The molecule has 0 bridgehead atoms. The number of anilines is 1. The number of hydrogen-bond donors (Lipinski definition) is 2. The third-order valence-electron chi connectivity index (χ3n) is 3.24. The number of nitrogens with zero attached hydrogens (tertiary/aromatic N) is 1. The molecule has 6 nitrogen and oxygen atoms in total. The number of hydrogen-bond acceptors (Lipinski definition) is 4. The van der Waals surface area contributed by atoms with E-state index in [1.54, 1.807) is 7.05 Å². The van der Waals surface area contributed by atoms with Crippen molar-refractivity contribution in [2.45, 2.75) is 39.2 Å². The predicted octanol–water partition coefficient (Wildman–Crippen LogP) is 3.60. The Morgan fingerprint density at radius 1 is 1.43 bits per heavy atom. The summed E-state index contributed by atoms with van der Waals surface area (Å²) in [4.78, 5) is 22.7. The van der Waals surface area contributed by atoms with Crippen molar-refractivity contribution in [1.29, 1.82) is 0 Å². The molecule has 0 aliphatic rings. The third kappa shape index (κ3) is 4.32. The minimum atomic E-state index is -0.558. The SMILES string of the molecule is CCCC(CC)NC(=O)c1cc(Cl)c(NC)c([N+](=O)[O-])c1. The smallest absolute Gasteiger partial charge is 0.294 e. The fourth-order valence-corrected chi connectivity index (χ4v) is 2.42. The van der Waals surface area contributed by atoms with E-state index in [9.17, 15) is 14.9 Å². The highest BCUT2D eigenvalue weighted by atomic mass is 35.5. The molecule has 0 saturated heterocycles. The summed E-state index contributed by atoms with van der Waals surface area (Å²) in [5, 5.41) is 16.8. The van der Waals surface area contributed by atoms with Gasteiger partial charge in [-0.3, -0.25) is 14.9 Å². The van der Waals surface area contributed by atoms with Gasteiger partial charge in [-0.05, 0) is 18.9 Å². The fraction of sp³-hybridized carbons (Fsp3) is 0.500. The molecule has 0 heterocycles. The number of rotatable bonds is 7. The van der Waals surface area contributed by atoms with Gasteiger partial charge in [-0.25, -0.2) is 0 Å². The van der Waals surface area contributed by atoms with Crippen molar-refractivity contribution in [2.24, 2.45) is 0 Å². The zero-order valence-corrected chi connectivity index (χ0v) is 13.2. The Morgan fingerprint density at radius 3 is 2.57 bits per heavy atom. The minimum Gasteiger partial charge on any atom is -0.381 e. The average molecular weight is 314 g/mol. The van der Waals surface area contributed by atoms with Crippen LogP contribution in [0.4, 0.5) is 11.4 Å². The number of nitro groups is 1. The second kappa shape index (κ2) is 7.83. The van der Waals surface area contributed by atoms with E-state index in [4.69, 9.17) is 11.6 Å². The topological polar surface area (TPSA) is 84.3 Å². The molecule has 0 aliphatic carbocycles. The van der Waals surface area contributed by atoms with Gasteiger partial charge < -0.3 is 10.6 Å². The molecule has 0 aliphatic heterocycles. The van der Waals surface area contributed by atoms with Gasteiger partial charge in [-0.15, -0.1) is 0 Å². The second-order valence-corrected chi connectivity index (χ2v) is 5.13. The maximum absolute atomic E-state index is 12.2. The Balaban J connectivity index is 3.08. The van der Waals surface area contributed by atoms with E-state index >= 15 is 0 Å². The number of carbonyl (C=O) groups excluding carboxylic acids is 1. The lowest BCUT2D eigenvalue weighted by Crippen LogP contribution is -2.34. The molecule has 1 amide bonds. The maximum atomic E-state index is 12.2. The van der Waals surface area contributed by atoms with Gasteiger partial charge in [0.25, 0.3) is 11.6 Å². The number of benzene rings is 1. The van der Waals surface area contributed by atoms with Crippen molar-refractivity contribution >= 4 is 28.9 Å². The van der Waals surface area contributed by atoms with Crippen LogP contribution in [0.25, 0.3) is 0 Å². The molecule has 7 heteroatoms. The summed E-state index contributed by atoms with van der Waals surface area (Å²) < 4.78 is 0. The van der Waals surface area contributed by atoms with Crippen LogP contribution in [0.1, 0.15) is 43.5 Å². The van der Waals surface area contributed by atoms with E-state index in [-0.39, 0.29) is 33.9 Å². The van der Waals surface area contributed by atoms with Crippen molar-refractivity contribution in [2.75, 3.05) is 12.4 Å². The van der Waals surface area contributed by atoms with Gasteiger partial charge in [-0.2, -0.15) is 0 Å². The first-order valence-electron chi connectivity index (χ1n) is 6.91. The minimum absolute atomic E-state index is 0.0595. The zero-order valence-electron chi connectivity index (χ0n) is 12.4. The molecule has 2 N–H and O–H groups in total. The molecule has 1 aromatic rings. The van der Waals surface area contributed by atoms with Crippen molar-refractivity contribution in [3.63, 3.8) is 0 Å². The lowest BCUT2D eigenvalue weighted by Gasteiger charge is -2.16. The monoisotopic (exact) mass is 313 g/mol. The molecule has 1 rings (SSSR count). The van der Waals surface area contributed by atoms with E-state index in [0.29, 0.717) is 0 Å². The van der Waals surface area contributed by atoms with Gasteiger partial charge in [-0.1, -0.05) is 31.9 Å². The molecular weight excluding hydrogens is 294 g/mol. The van der Waals surface area contributed by atoms with Crippen LogP contribution < -0.4 is 10.6 Å². The molecule has 0 aromatic heterocycles. The summed E-state index contributed by atoms with van der Waals surface area (Å²) in [6.07, 6.45) is 2.63. The van der Waals surface area contributed by atoms with Gasteiger partial charge >= 0.3 is 0 Å². The van der Waals surface area contributed by atoms with E-state index in [0.717, 1.165) is 19.3 Å². The summed E-state index contributed by atoms with van der Waals surface area (Å²) in [5.74, 6) is -0.344. The van der Waals surface area contributed by atoms with Crippen LogP contribution in [-0.2, 0) is 0 Å². The van der Waals surface area contributed by atoms with E-state index in [1.807, 2.05) is 13.8 Å². The third-order valence-corrected chi connectivity index (χ3v) is 3.54. The van der Waals surface area contributed by atoms with Crippen LogP contribution in [0.3, 0.4) is 0 Å². The van der Waals surface area contributed by atoms with Crippen LogP contribution in [0.5, 0.6) is 0 Å². The van der Waals surface area contributed by atoms with Gasteiger partial charge in [0.15, 0.2) is 0 Å². The Labute approximate surface area is 129 Å². The first-order chi connectivity index (χ1) is 9.94. The van der Waals surface area contributed by atoms with E-state index < -0.39 is 4.92 Å². The maximum Gasteiger partial charge on any atom is 0.294 e. The molecule has 0 spiro atoms. The first kappa shape index (κ1) is 17.2. The first-order valence-corrected chi connectivity index (χ1v) is 7.28. The summed E-state index contributed by atoms with van der Waals surface area (Å²) in [7, 11) is 1.54. The molecule has 1 atom stereocenters. The van der Waals surface area contributed by atoms with Crippen molar-refractivity contribution in [3.05, 3.63) is 32.8 Å². The Bertz CT molecular complexity index is 534. The standard InChI is InChI=1S/C14H20ClN3O3/c1-4-6-10(5-2)17-14(19)9-7-11(15)13(16-3)12(8-9)18(20)21/h7-8,10,16H,4-6H2,1-3H3,(H,17,19). The molecular formula is C14H20ClN3O3. The summed E-state index contributed by atoms with van der Waals surface area (Å²) >= 11 is 6.01. The van der Waals surface area contributed by atoms with Crippen LogP contribution in [0.2, 0.25) is 5.02 Å². The number of amides is 1. The predicted molar refractivity (Wildman–Crippen MR) is 84.1 cm³/mol. The molecule has 116 valence electrons. The number of carbonyl (C=O) groups is 1. The summed E-state index contributed by atoms with van der Waals surface area (Å²) in [6, 6.07) is 2.74. The Hall–Kier alpha value is -1.82. The normalized spacial score (nSPS) is 11.8. The molecule has 0 saturated carbocycles. The van der Waals surface area contributed by atoms with Crippen LogP contribution in [0, 0.1) is 10.1 Å². The highest BCUT2D eigenvalue weighted by Gasteiger charge is 2.21. The number of nitrogens with one attached hydrogen (secondary N) is 2. The summed E-state index contributed by atoms with van der Waals surface area (Å²) in [6.45, 7) is 4.03. The fourth-order valence-electron chi connectivity index (χ4n) is 2.11. The van der Waals surface area contributed by atoms with Crippen LogP contribution in [-0.4, -0.2) is 23.9 Å². The van der Waals surface area contributed by atoms with Crippen molar-refractivity contribution < 1.29 is 9.72 Å².